The number of benzene rings is 11. The Bertz CT molecular complexity index is 4600. The van der Waals surface area contributed by atoms with Crippen LogP contribution >= 0.6 is 0 Å². The van der Waals surface area contributed by atoms with Gasteiger partial charge in [-0.2, -0.15) is 9.97 Å². The second-order valence-corrected chi connectivity index (χ2v) is 19.9. The molecule has 3 aromatic heterocycles. The van der Waals surface area contributed by atoms with Gasteiger partial charge in [-0.15, -0.1) is 0 Å². The fraction of sp³-hybridized carbons (Fsp3) is 0.0441. The maximum absolute atomic E-state index is 6.43. The minimum absolute atomic E-state index is 0.0391. The van der Waals surface area contributed by atoms with Crippen LogP contribution in [0.5, 0.6) is 0 Å². The van der Waals surface area contributed by atoms with Crippen LogP contribution in [0, 0.1) is 0 Å². The van der Waals surface area contributed by atoms with Gasteiger partial charge in [-0.25, -0.2) is 4.98 Å². The van der Waals surface area contributed by atoms with Gasteiger partial charge in [0.1, 0.15) is 11.2 Å². The lowest BCUT2D eigenvalue weighted by Gasteiger charge is -2.21. The molecular formula is C68H44N4O. The monoisotopic (exact) mass is 932 g/mol. The average molecular weight is 933 g/mol. The Labute approximate surface area is 421 Å². The minimum atomic E-state index is -0.0391. The summed E-state index contributed by atoms with van der Waals surface area (Å²) >= 11 is 0. The van der Waals surface area contributed by atoms with Crippen LogP contribution in [0.25, 0.3) is 139 Å². The van der Waals surface area contributed by atoms with Gasteiger partial charge in [-0.3, -0.25) is 4.57 Å². The summed E-state index contributed by atoms with van der Waals surface area (Å²) < 4.78 is 8.74. The zero-order valence-corrected chi connectivity index (χ0v) is 40.1. The molecule has 0 atom stereocenters. The van der Waals surface area contributed by atoms with E-state index in [4.69, 9.17) is 19.4 Å². The zero-order valence-electron chi connectivity index (χ0n) is 40.1. The van der Waals surface area contributed by atoms with Crippen molar-refractivity contribution < 1.29 is 4.42 Å². The summed E-state index contributed by atoms with van der Waals surface area (Å²) in [5.74, 6) is 1.67. The number of hydrogen-bond acceptors (Lipinski definition) is 4. The van der Waals surface area contributed by atoms with Crippen molar-refractivity contribution in [1.29, 1.82) is 0 Å². The van der Waals surface area contributed by atoms with E-state index >= 15 is 0 Å². The normalized spacial score (nSPS) is 12.9. The smallest absolute Gasteiger partial charge is 0.238 e. The van der Waals surface area contributed by atoms with Gasteiger partial charge in [0.15, 0.2) is 11.6 Å². The highest BCUT2D eigenvalue weighted by atomic mass is 16.3. The molecule has 0 radical (unpaired) electrons. The summed E-state index contributed by atoms with van der Waals surface area (Å²) in [6.45, 7) is 4.67. The third-order valence-corrected chi connectivity index (χ3v) is 15.4. The summed E-state index contributed by atoms with van der Waals surface area (Å²) in [4.78, 5) is 16.2. The van der Waals surface area contributed by atoms with Crippen molar-refractivity contribution in [3.05, 3.63) is 242 Å². The summed E-state index contributed by atoms with van der Waals surface area (Å²) in [5, 5.41) is 9.07. The van der Waals surface area contributed by atoms with Gasteiger partial charge >= 0.3 is 0 Å². The van der Waals surface area contributed by atoms with Crippen molar-refractivity contribution in [1.82, 2.24) is 19.5 Å². The first-order valence-corrected chi connectivity index (χ1v) is 25.0. The van der Waals surface area contributed by atoms with E-state index in [2.05, 4.69) is 213 Å². The van der Waals surface area contributed by atoms with Crippen LogP contribution < -0.4 is 0 Å². The van der Waals surface area contributed by atoms with Gasteiger partial charge in [-0.05, 0) is 103 Å². The highest BCUT2D eigenvalue weighted by Crippen LogP contribution is 2.50. The van der Waals surface area contributed by atoms with Crippen molar-refractivity contribution in [2.45, 2.75) is 19.3 Å². The van der Waals surface area contributed by atoms with Crippen LogP contribution in [0.15, 0.2) is 235 Å². The summed E-state index contributed by atoms with van der Waals surface area (Å²) in [5.41, 5.74) is 17.7. The molecular weight excluding hydrogens is 889 g/mol. The van der Waals surface area contributed by atoms with E-state index < -0.39 is 0 Å². The highest BCUT2D eigenvalue weighted by molar-refractivity contribution is 6.33. The number of nitrogens with zero attached hydrogens (tertiary/aromatic N) is 4. The molecule has 3 heterocycles. The molecule has 0 spiro atoms. The summed E-state index contributed by atoms with van der Waals surface area (Å²) in [6, 6.07) is 82.7. The van der Waals surface area contributed by atoms with E-state index in [1.807, 2.05) is 36.4 Å². The molecule has 1 aliphatic rings. The second kappa shape index (κ2) is 15.8. The van der Waals surface area contributed by atoms with Gasteiger partial charge in [0.25, 0.3) is 0 Å². The van der Waals surface area contributed by atoms with Crippen molar-refractivity contribution in [3.63, 3.8) is 0 Å². The van der Waals surface area contributed by atoms with Gasteiger partial charge in [0.05, 0.1) is 11.0 Å². The Morgan fingerprint density at radius 1 is 0.329 bits per heavy atom. The molecule has 0 unspecified atom stereocenters. The Morgan fingerprint density at radius 3 is 1.66 bits per heavy atom. The van der Waals surface area contributed by atoms with Crippen molar-refractivity contribution in [2.75, 3.05) is 0 Å². The van der Waals surface area contributed by atoms with Gasteiger partial charge in [0, 0.05) is 49.0 Å². The maximum atomic E-state index is 6.43. The first-order chi connectivity index (χ1) is 35.9. The number of rotatable bonds is 6. The molecule has 0 N–H and O–H groups in total. The van der Waals surface area contributed by atoms with Crippen LogP contribution in [0.3, 0.4) is 0 Å². The van der Waals surface area contributed by atoms with E-state index in [0.717, 1.165) is 82.5 Å². The number of furan rings is 1. The predicted octanol–water partition coefficient (Wildman–Crippen LogP) is 17.8. The van der Waals surface area contributed by atoms with Crippen molar-refractivity contribution >= 4 is 65.3 Å². The fourth-order valence-corrected chi connectivity index (χ4v) is 12.0. The molecule has 0 fully saturated rings. The maximum Gasteiger partial charge on any atom is 0.238 e. The molecule has 0 saturated heterocycles. The Morgan fingerprint density at radius 2 is 0.863 bits per heavy atom. The van der Waals surface area contributed by atoms with E-state index in [9.17, 15) is 0 Å². The molecule has 0 bridgehead atoms. The highest BCUT2D eigenvalue weighted by Gasteiger charge is 2.35. The number of hydrogen-bond donors (Lipinski definition) is 0. The number of aromatic nitrogens is 4. The molecule has 0 amide bonds. The molecule has 11 aromatic carbocycles. The Kier molecular flexibility index (Phi) is 8.94. The van der Waals surface area contributed by atoms with Crippen LogP contribution in [0.1, 0.15) is 25.0 Å². The van der Waals surface area contributed by atoms with Crippen molar-refractivity contribution in [3.8, 4) is 73.2 Å². The zero-order chi connectivity index (χ0) is 48.4. The quantitative estimate of drug-likeness (QED) is 0.156. The van der Waals surface area contributed by atoms with Gasteiger partial charge < -0.3 is 4.42 Å². The number of para-hydroxylation sites is 2. The Balaban J connectivity index is 0.959. The third kappa shape index (κ3) is 6.32. The second-order valence-electron chi connectivity index (χ2n) is 19.9. The largest absolute Gasteiger partial charge is 0.456 e. The topological polar surface area (TPSA) is 56.7 Å². The van der Waals surface area contributed by atoms with Crippen LogP contribution in [0.2, 0.25) is 0 Å². The average Bonchev–Trinajstić information content (AvgIpc) is 4.09. The molecule has 15 rings (SSSR count). The van der Waals surface area contributed by atoms with Gasteiger partial charge in [0.2, 0.25) is 5.95 Å². The van der Waals surface area contributed by atoms with E-state index in [1.165, 1.54) is 49.5 Å². The number of fused-ring (bicyclic) bond motifs is 14. The van der Waals surface area contributed by atoms with Crippen LogP contribution in [-0.4, -0.2) is 19.5 Å². The Hall–Kier alpha value is -9.45. The van der Waals surface area contributed by atoms with E-state index in [0.29, 0.717) is 17.6 Å². The lowest BCUT2D eigenvalue weighted by molar-refractivity contribution is 0.660. The van der Waals surface area contributed by atoms with Crippen LogP contribution in [0.4, 0.5) is 0 Å². The van der Waals surface area contributed by atoms with Crippen molar-refractivity contribution in [2.24, 2.45) is 0 Å². The molecule has 342 valence electrons. The lowest BCUT2D eigenvalue weighted by atomic mass is 9.82. The molecule has 14 aromatic rings. The summed E-state index contributed by atoms with van der Waals surface area (Å²) in [7, 11) is 0. The first kappa shape index (κ1) is 41.3. The SMILES string of the molecule is CC1(C)c2ccccc2-c2cc(-c3cccc(-c4cccc(-c5cccc6c7c8ccccc8c8ccccc8c7n(-c7nc(-c8ccccc8)nc(-c8ccc9c(c8)oc8ccccc89)n7)c56)c4)c3)ccc21. The molecule has 73 heavy (non-hydrogen) atoms. The van der Waals surface area contributed by atoms with Gasteiger partial charge in [-0.1, -0.05) is 208 Å². The predicted molar refractivity (Wildman–Crippen MR) is 301 cm³/mol. The molecule has 1 aliphatic carbocycles. The first-order valence-electron chi connectivity index (χ1n) is 25.0. The standard InChI is InChI=1S/C68H44N4O/c1-68(2)58-31-12-10-25-51(58)57-39-45(34-36-59(57)68)43-20-14-19-42(37-43)44-21-15-22-46(38-44)48-29-16-30-56-62-54-27-8-6-23-49(54)50-24-7-9-28-55(50)64(62)72(63(48)56)67-70-65(41-17-4-3-5-18-41)69-66(71-67)47-33-35-53-52-26-11-13-32-60(52)73-61(53)40-47/h3-40H,1-2H3. The van der Waals surface area contributed by atoms with Crippen LogP contribution in [-0.2, 0) is 5.41 Å². The molecule has 5 heteroatoms. The lowest BCUT2D eigenvalue weighted by Crippen LogP contribution is -2.14. The van der Waals surface area contributed by atoms with E-state index in [-0.39, 0.29) is 5.41 Å². The van der Waals surface area contributed by atoms with E-state index in [1.54, 1.807) is 0 Å². The fourth-order valence-electron chi connectivity index (χ4n) is 12.0. The third-order valence-electron chi connectivity index (χ3n) is 15.4. The molecule has 5 nitrogen and oxygen atoms in total. The summed E-state index contributed by atoms with van der Waals surface area (Å²) in [6.07, 6.45) is 0. The minimum Gasteiger partial charge on any atom is -0.456 e. The molecule has 0 aliphatic heterocycles. The molecule has 0 saturated carbocycles.